The molecule has 1 aliphatic rings. The molecule has 1 aliphatic carbocycles. The van der Waals surface area contributed by atoms with E-state index in [1.165, 1.54) is 5.56 Å². The maximum atomic E-state index is 5.39. The third-order valence-corrected chi connectivity index (χ3v) is 3.37. The van der Waals surface area contributed by atoms with Gasteiger partial charge in [0.2, 0.25) is 5.89 Å². The average molecular weight is 246 g/mol. The third-order valence-electron chi connectivity index (χ3n) is 3.37. The Bertz CT molecular complexity index is 564. The van der Waals surface area contributed by atoms with Crippen molar-refractivity contribution in [3.8, 4) is 0 Å². The van der Waals surface area contributed by atoms with E-state index in [1.807, 2.05) is 17.9 Å². The Kier molecular flexibility index (Phi) is 2.33. The summed E-state index contributed by atoms with van der Waals surface area (Å²) < 4.78 is 7.22. The van der Waals surface area contributed by atoms with Crippen molar-refractivity contribution in [2.45, 2.75) is 44.4 Å². The predicted molar refractivity (Wildman–Crippen MR) is 66.3 cm³/mol. The fourth-order valence-electron chi connectivity index (χ4n) is 2.16. The van der Waals surface area contributed by atoms with Crippen molar-refractivity contribution in [3.05, 3.63) is 29.7 Å². The molecular weight excluding hydrogens is 228 g/mol. The molecule has 0 radical (unpaired) electrons. The largest absolute Gasteiger partial charge is 0.339 e. The van der Waals surface area contributed by atoms with Gasteiger partial charge in [-0.3, -0.25) is 4.68 Å². The summed E-state index contributed by atoms with van der Waals surface area (Å²) >= 11 is 0. The molecule has 2 aromatic heterocycles. The maximum absolute atomic E-state index is 5.39. The lowest BCUT2D eigenvalue weighted by Gasteiger charge is -2.10. The van der Waals surface area contributed by atoms with Gasteiger partial charge in [0.25, 0.3) is 0 Å². The Morgan fingerprint density at radius 1 is 1.33 bits per heavy atom. The molecule has 1 saturated carbocycles. The van der Waals surface area contributed by atoms with Crippen LogP contribution in [0.5, 0.6) is 0 Å². The lowest BCUT2D eigenvalue weighted by molar-refractivity contribution is 0.362. The monoisotopic (exact) mass is 246 g/mol. The fraction of sp³-hybridized carbons (Fsp3) is 0.615. The Labute approximate surface area is 106 Å². The van der Waals surface area contributed by atoms with Crippen molar-refractivity contribution >= 4 is 0 Å². The lowest BCUT2D eigenvalue weighted by Crippen LogP contribution is -2.13. The summed E-state index contributed by atoms with van der Waals surface area (Å²) in [7, 11) is 1.94. The molecule has 2 heterocycles. The third kappa shape index (κ3) is 1.94. The number of rotatable bonds is 2. The lowest BCUT2D eigenvalue weighted by atomic mass is 9.96. The van der Waals surface area contributed by atoms with Crippen molar-refractivity contribution < 1.29 is 4.52 Å². The second kappa shape index (κ2) is 3.67. The summed E-state index contributed by atoms with van der Waals surface area (Å²) in [5.74, 6) is 2.42. The van der Waals surface area contributed by atoms with E-state index >= 15 is 0 Å². The zero-order valence-electron chi connectivity index (χ0n) is 11.2. The van der Waals surface area contributed by atoms with Gasteiger partial charge in [-0.1, -0.05) is 25.9 Å². The van der Waals surface area contributed by atoms with E-state index in [2.05, 4.69) is 42.2 Å². The second-order valence-corrected chi connectivity index (χ2v) is 6.10. The molecule has 5 nitrogen and oxygen atoms in total. The van der Waals surface area contributed by atoms with Crippen LogP contribution < -0.4 is 0 Å². The molecule has 96 valence electrons. The Balaban J connectivity index is 1.77. The van der Waals surface area contributed by atoms with E-state index in [4.69, 9.17) is 4.52 Å². The van der Waals surface area contributed by atoms with Crippen LogP contribution in [-0.2, 0) is 12.5 Å². The van der Waals surface area contributed by atoms with Crippen LogP contribution in [-0.4, -0.2) is 19.9 Å². The minimum absolute atomic E-state index is 0.0551. The van der Waals surface area contributed by atoms with Gasteiger partial charge in [-0.05, 0) is 17.9 Å². The van der Waals surface area contributed by atoms with E-state index in [-0.39, 0.29) is 5.41 Å². The van der Waals surface area contributed by atoms with Crippen molar-refractivity contribution in [1.82, 2.24) is 19.9 Å². The summed E-state index contributed by atoms with van der Waals surface area (Å²) in [6.45, 7) is 6.27. The highest BCUT2D eigenvalue weighted by Gasteiger charge is 2.44. The Morgan fingerprint density at radius 3 is 2.67 bits per heavy atom. The van der Waals surface area contributed by atoms with Crippen molar-refractivity contribution in [1.29, 1.82) is 0 Å². The fourth-order valence-corrected chi connectivity index (χ4v) is 2.16. The van der Waals surface area contributed by atoms with Crippen LogP contribution in [0.15, 0.2) is 16.9 Å². The van der Waals surface area contributed by atoms with Gasteiger partial charge in [0.1, 0.15) is 0 Å². The van der Waals surface area contributed by atoms with Crippen molar-refractivity contribution in [2.75, 3.05) is 0 Å². The summed E-state index contributed by atoms with van der Waals surface area (Å²) in [5.41, 5.74) is 1.21. The molecule has 0 unspecified atom stereocenters. The van der Waals surface area contributed by atoms with Crippen molar-refractivity contribution in [2.24, 2.45) is 7.05 Å². The quantitative estimate of drug-likeness (QED) is 0.816. The standard InChI is InChI=1S/C13H18N4O/c1-13(2,3)12-15-11(18-16-12)10-5-9(10)8-6-14-17(4)7-8/h6-7,9-10H,5H2,1-4H3/t9-,10+/m0/s1. The number of hydrogen-bond acceptors (Lipinski definition) is 4. The minimum Gasteiger partial charge on any atom is -0.339 e. The SMILES string of the molecule is Cn1cc([C@@H]2C[C@H]2c2nc(C(C)(C)C)no2)cn1. The molecule has 18 heavy (non-hydrogen) atoms. The highest BCUT2D eigenvalue weighted by Crippen LogP contribution is 2.54. The maximum Gasteiger partial charge on any atom is 0.230 e. The smallest absolute Gasteiger partial charge is 0.230 e. The molecule has 0 spiro atoms. The Morgan fingerprint density at radius 2 is 2.11 bits per heavy atom. The molecule has 0 N–H and O–H groups in total. The molecular formula is C13H18N4O. The van der Waals surface area contributed by atoms with Gasteiger partial charge in [-0.2, -0.15) is 10.1 Å². The number of aryl methyl sites for hydroxylation is 1. The average Bonchev–Trinajstić information content (AvgIpc) is 2.75. The number of hydrogen-bond donors (Lipinski definition) is 0. The van der Waals surface area contributed by atoms with Crippen molar-refractivity contribution in [3.63, 3.8) is 0 Å². The summed E-state index contributed by atoms with van der Waals surface area (Å²) in [4.78, 5) is 4.52. The second-order valence-electron chi connectivity index (χ2n) is 6.10. The highest BCUT2D eigenvalue weighted by molar-refractivity contribution is 5.27. The first-order valence-corrected chi connectivity index (χ1v) is 6.28. The van der Waals surface area contributed by atoms with Crippen LogP contribution in [0.2, 0.25) is 0 Å². The van der Waals surface area contributed by atoms with Crippen LogP contribution in [0.1, 0.15) is 56.3 Å². The van der Waals surface area contributed by atoms with Crippen LogP contribution in [0.3, 0.4) is 0 Å². The van der Waals surface area contributed by atoms with E-state index in [9.17, 15) is 0 Å². The number of nitrogens with zero attached hydrogens (tertiary/aromatic N) is 4. The molecule has 0 aliphatic heterocycles. The van der Waals surface area contributed by atoms with E-state index in [1.54, 1.807) is 0 Å². The topological polar surface area (TPSA) is 56.7 Å². The first-order valence-electron chi connectivity index (χ1n) is 6.28. The van der Waals surface area contributed by atoms with Gasteiger partial charge < -0.3 is 4.52 Å². The molecule has 0 saturated heterocycles. The molecule has 3 rings (SSSR count). The van der Waals surface area contributed by atoms with Crippen LogP contribution in [0.25, 0.3) is 0 Å². The van der Waals surface area contributed by atoms with Crippen LogP contribution in [0.4, 0.5) is 0 Å². The predicted octanol–water partition coefficient (Wildman–Crippen LogP) is 2.37. The van der Waals surface area contributed by atoms with Crippen LogP contribution in [0, 0.1) is 0 Å². The molecule has 0 bridgehead atoms. The molecule has 1 fully saturated rings. The van der Waals surface area contributed by atoms with Crippen LogP contribution >= 0.6 is 0 Å². The van der Waals surface area contributed by atoms with Gasteiger partial charge >= 0.3 is 0 Å². The zero-order valence-corrected chi connectivity index (χ0v) is 11.2. The van der Waals surface area contributed by atoms with Gasteiger partial charge in [-0.25, -0.2) is 0 Å². The zero-order chi connectivity index (χ0) is 12.9. The number of aromatic nitrogens is 4. The molecule has 2 atom stereocenters. The van der Waals surface area contributed by atoms with Gasteiger partial charge in [-0.15, -0.1) is 0 Å². The first-order chi connectivity index (χ1) is 8.45. The summed E-state index contributed by atoms with van der Waals surface area (Å²) in [6.07, 6.45) is 5.06. The van der Waals surface area contributed by atoms with Gasteiger partial charge in [0.05, 0.1) is 6.20 Å². The normalized spacial score (nSPS) is 23.3. The Hall–Kier alpha value is -1.65. The van der Waals surface area contributed by atoms with Gasteiger partial charge in [0, 0.05) is 24.6 Å². The van der Waals surface area contributed by atoms with Gasteiger partial charge in [0.15, 0.2) is 5.82 Å². The molecule has 5 heteroatoms. The summed E-state index contributed by atoms with van der Waals surface area (Å²) in [5, 5.41) is 8.28. The van der Waals surface area contributed by atoms with E-state index in [0.717, 1.165) is 18.1 Å². The first kappa shape index (κ1) is 11.4. The minimum atomic E-state index is -0.0551. The molecule has 0 aromatic carbocycles. The van der Waals surface area contributed by atoms with E-state index in [0.29, 0.717) is 11.8 Å². The molecule has 2 aromatic rings. The molecule has 0 amide bonds. The van der Waals surface area contributed by atoms with E-state index < -0.39 is 0 Å². The summed E-state index contributed by atoms with van der Waals surface area (Å²) in [6, 6.07) is 0. The highest BCUT2D eigenvalue weighted by atomic mass is 16.5.